The summed E-state index contributed by atoms with van der Waals surface area (Å²) in [6.07, 6.45) is 1.31. The monoisotopic (exact) mass is 268 g/mol. The molecule has 1 aromatic rings. The average molecular weight is 268 g/mol. The second-order valence-electron chi connectivity index (χ2n) is 4.55. The number of aromatic hydroxyl groups is 1. The number of aliphatic hydroxyl groups excluding tert-OH is 1. The van der Waals surface area contributed by atoms with Crippen LogP contribution in [0.5, 0.6) is 5.75 Å². The molecule has 0 saturated carbocycles. The first kappa shape index (κ1) is 14.3. The molecule has 2 aliphatic rings. The smallest absolute Gasteiger partial charge is 0.118 e. The lowest BCUT2D eigenvalue weighted by molar-refractivity contribution is 0.102. The molecule has 3 rings (SSSR count). The highest BCUT2D eigenvalue weighted by Gasteiger charge is 2.26. The molecule has 19 heavy (non-hydrogen) atoms. The zero-order chi connectivity index (χ0) is 13.5. The van der Waals surface area contributed by atoms with E-state index in [9.17, 15) is 0 Å². The van der Waals surface area contributed by atoms with E-state index in [1.165, 1.54) is 0 Å². The normalized spacial score (nSPS) is 23.4. The molecule has 5 nitrogen and oxygen atoms in total. The highest BCUT2D eigenvalue weighted by Crippen LogP contribution is 2.15. The highest BCUT2D eigenvalue weighted by atomic mass is 16.6. The van der Waals surface area contributed by atoms with Crippen molar-refractivity contribution in [3.05, 3.63) is 29.8 Å². The van der Waals surface area contributed by atoms with E-state index < -0.39 is 0 Å². The zero-order valence-corrected chi connectivity index (χ0v) is 10.8. The number of hydrogen-bond acceptors (Lipinski definition) is 5. The van der Waals surface area contributed by atoms with Crippen LogP contribution in [0.25, 0.3) is 0 Å². The van der Waals surface area contributed by atoms with Crippen LogP contribution >= 0.6 is 0 Å². The predicted molar refractivity (Wildman–Crippen MR) is 69.2 cm³/mol. The van der Waals surface area contributed by atoms with Crippen molar-refractivity contribution in [1.82, 2.24) is 0 Å². The Bertz CT molecular complexity index is 362. The molecule has 1 aromatic carbocycles. The van der Waals surface area contributed by atoms with Crippen LogP contribution in [0.15, 0.2) is 24.3 Å². The molecule has 2 atom stereocenters. The molecule has 5 heteroatoms. The lowest BCUT2D eigenvalue weighted by Crippen LogP contribution is -2.06. The maximum atomic E-state index is 9.13. The van der Waals surface area contributed by atoms with Gasteiger partial charge < -0.3 is 24.4 Å². The van der Waals surface area contributed by atoms with Gasteiger partial charge in [0.2, 0.25) is 0 Å². The summed E-state index contributed by atoms with van der Waals surface area (Å²) < 4.78 is 15.1. The van der Waals surface area contributed by atoms with E-state index in [4.69, 9.17) is 24.4 Å². The van der Waals surface area contributed by atoms with Crippen LogP contribution in [0.4, 0.5) is 0 Å². The Kier molecular flexibility index (Phi) is 5.60. The first-order valence-electron chi connectivity index (χ1n) is 6.48. The van der Waals surface area contributed by atoms with Gasteiger partial charge in [-0.15, -0.1) is 0 Å². The third kappa shape index (κ3) is 6.02. The molecule has 0 spiro atoms. The quantitative estimate of drug-likeness (QED) is 0.744. The van der Waals surface area contributed by atoms with E-state index in [1.807, 2.05) is 6.07 Å². The summed E-state index contributed by atoms with van der Waals surface area (Å²) in [5.41, 5.74) is 0.796. The van der Waals surface area contributed by atoms with Gasteiger partial charge in [0.25, 0.3) is 0 Å². The molecule has 0 radical (unpaired) electrons. The fraction of sp³-hybridized carbons (Fsp3) is 0.571. The molecule has 2 unspecified atom stereocenters. The summed E-state index contributed by atoms with van der Waals surface area (Å²) in [4.78, 5) is 0. The maximum Gasteiger partial charge on any atom is 0.118 e. The lowest BCUT2D eigenvalue weighted by Gasteiger charge is -1.99. The number of epoxide rings is 2. The maximum absolute atomic E-state index is 9.13. The number of benzene rings is 1. The summed E-state index contributed by atoms with van der Waals surface area (Å²) in [5, 5.41) is 17.7. The molecule has 2 heterocycles. The summed E-state index contributed by atoms with van der Waals surface area (Å²) in [6.45, 7) is 3.34. The third-order valence-electron chi connectivity index (χ3n) is 2.78. The number of para-hydroxylation sites is 1. The number of ether oxygens (including phenoxy) is 3. The van der Waals surface area contributed by atoms with Crippen LogP contribution in [0, 0.1) is 0 Å². The lowest BCUT2D eigenvalue weighted by atomic mass is 10.1. The van der Waals surface area contributed by atoms with Gasteiger partial charge in [-0.05, 0) is 18.1 Å². The van der Waals surface area contributed by atoms with E-state index >= 15 is 0 Å². The summed E-state index contributed by atoms with van der Waals surface area (Å²) in [6, 6.07) is 7.01. The Morgan fingerprint density at radius 1 is 1.11 bits per heavy atom. The molecule has 0 amide bonds. The summed E-state index contributed by atoms with van der Waals surface area (Å²) >= 11 is 0. The topological polar surface area (TPSA) is 74.8 Å². The van der Waals surface area contributed by atoms with Crippen molar-refractivity contribution in [3.63, 3.8) is 0 Å². The molecule has 0 aliphatic carbocycles. The Labute approximate surface area is 112 Å². The van der Waals surface area contributed by atoms with Crippen molar-refractivity contribution in [2.45, 2.75) is 18.6 Å². The Morgan fingerprint density at radius 3 is 2.16 bits per heavy atom. The van der Waals surface area contributed by atoms with Gasteiger partial charge in [-0.3, -0.25) is 0 Å². The van der Waals surface area contributed by atoms with Crippen LogP contribution < -0.4 is 0 Å². The van der Waals surface area contributed by atoms with Gasteiger partial charge >= 0.3 is 0 Å². The van der Waals surface area contributed by atoms with Crippen molar-refractivity contribution in [1.29, 1.82) is 0 Å². The number of phenols is 1. The van der Waals surface area contributed by atoms with Gasteiger partial charge in [0.15, 0.2) is 0 Å². The predicted octanol–water partition coefficient (Wildman–Crippen LogP) is 0.728. The van der Waals surface area contributed by atoms with Crippen LogP contribution in [-0.2, 0) is 20.6 Å². The molecule has 2 fully saturated rings. The van der Waals surface area contributed by atoms with Crippen molar-refractivity contribution in [2.24, 2.45) is 0 Å². The first-order valence-corrected chi connectivity index (χ1v) is 6.48. The van der Waals surface area contributed by atoms with Crippen LogP contribution in [0.1, 0.15) is 5.56 Å². The van der Waals surface area contributed by atoms with Crippen molar-refractivity contribution in [3.8, 4) is 5.75 Å². The molecule has 2 N–H and O–H groups in total. The van der Waals surface area contributed by atoms with E-state index in [-0.39, 0.29) is 12.4 Å². The fourth-order valence-corrected chi connectivity index (χ4v) is 1.50. The van der Waals surface area contributed by atoms with Gasteiger partial charge in [0.1, 0.15) is 18.0 Å². The molecular weight excluding hydrogens is 248 g/mol. The van der Waals surface area contributed by atoms with E-state index in [1.54, 1.807) is 18.2 Å². The van der Waals surface area contributed by atoms with Crippen LogP contribution in [-0.4, -0.2) is 55.5 Å². The number of aliphatic hydroxyl groups is 1. The molecule has 2 aliphatic heterocycles. The molecule has 0 aromatic heterocycles. The summed E-state index contributed by atoms with van der Waals surface area (Å²) in [5.74, 6) is 0.261. The second-order valence-corrected chi connectivity index (χ2v) is 4.55. The van der Waals surface area contributed by atoms with Gasteiger partial charge in [-0.2, -0.15) is 0 Å². The van der Waals surface area contributed by atoms with Crippen molar-refractivity contribution in [2.75, 3.05) is 33.0 Å². The van der Waals surface area contributed by atoms with E-state index in [2.05, 4.69) is 0 Å². The fourth-order valence-electron chi connectivity index (χ4n) is 1.50. The van der Waals surface area contributed by atoms with Gasteiger partial charge in [-0.1, -0.05) is 18.2 Å². The first-order chi connectivity index (χ1) is 9.29. The highest BCUT2D eigenvalue weighted by molar-refractivity contribution is 5.31. The molecular formula is C14H20O5. The summed E-state index contributed by atoms with van der Waals surface area (Å²) in [7, 11) is 0. The van der Waals surface area contributed by atoms with Crippen molar-refractivity contribution >= 4 is 0 Å². The second kappa shape index (κ2) is 7.45. The SMILES string of the molecule is C(OCC1CO1)C1CO1.OCCc1ccccc1O. The molecule has 106 valence electrons. The van der Waals surface area contributed by atoms with E-state index in [0.29, 0.717) is 18.6 Å². The number of phenolic OH excluding ortho intramolecular Hbond substituents is 1. The Morgan fingerprint density at radius 2 is 1.68 bits per heavy atom. The minimum atomic E-state index is 0.0809. The molecule has 0 bridgehead atoms. The minimum Gasteiger partial charge on any atom is -0.508 e. The van der Waals surface area contributed by atoms with Gasteiger partial charge in [0, 0.05) is 6.61 Å². The average Bonchev–Trinajstić information content (AvgIpc) is 3.27. The Balaban J connectivity index is 0.000000141. The van der Waals surface area contributed by atoms with E-state index in [0.717, 1.165) is 32.0 Å². The number of hydrogen-bond donors (Lipinski definition) is 2. The number of rotatable bonds is 6. The zero-order valence-electron chi connectivity index (χ0n) is 10.8. The third-order valence-corrected chi connectivity index (χ3v) is 2.78. The minimum absolute atomic E-state index is 0.0809. The van der Waals surface area contributed by atoms with Gasteiger partial charge in [-0.25, -0.2) is 0 Å². The largest absolute Gasteiger partial charge is 0.508 e. The van der Waals surface area contributed by atoms with Crippen LogP contribution in [0.3, 0.4) is 0 Å². The standard InChI is InChI=1S/C8H10O2.C6H10O3/c9-6-5-7-3-1-2-4-8(7)10;1(5-3-8-5)7-2-6-4-9-6/h1-4,9-10H,5-6H2;5-6H,1-4H2. The van der Waals surface area contributed by atoms with Gasteiger partial charge in [0.05, 0.1) is 26.4 Å². The Hall–Kier alpha value is -1.14. The van der Waals surface area contributed by atoms with Crippen LogP contribution in [0.2, 0.25) is 0 Å². The molecule has 2 saturated heterocycles. The van der Waals surface area contributed by atoms with Crippen molar-refractivity contribution < 1.29 is 24.4 Å².